The lowest BCUT2D eigenvalue weighted by Crippen LogP contribution is -2.39. The second-order valence-corrected chi connectivity index (χ2v) is 7.80. The van der Waals surface area contributed by atoms with Crippen LogP contribution >= 0.6 is 0 Å². The minimum absolute atomic E-state index is 0.795. The summed E-state index contributed by atoms with van der Waals surface area (Å²) in [5.74, 6) is 2.63. The van der Waals surface area contributed by atoms with E-state index in [9.17, 15) is 0 Å². The molecular formula is C23H31NO. The Kier molecular flexibility index (Phi) is 6.14. The summed E-state index contributed by atoms with van der Waals surface area (Å²) in [5.41, 5.74) is 3.79. The van der Waals surface area contributed by atoms with Crippen molar-refractivity contribution in [2.24, 2.45) is 11.8 Å². The smallest absolute Gasteiger partial charge is 0.119 e. The molecular weight excluding hydrogens is 306 g/mol. The third-order valence-electron chi connectivity index (χ3n) is 5.07. The summed E-state index contributed by atoms with van der Waals surface area (Å²) in [5, 5.41) is 0. The number of piperidine rings is 1. The number of aryl methyl sites for hydroxylation is 1. The van der Waals surface area contributed by atoms with Crippen LogP contribution in [0.2, 0.25) is 0 Å². The van der Waals surface area contributed by atoms with Crippen LogP contribution in [0.4, 0.5) is 0 Å². The van der Waals surface area contributed by atoms with E-state index in [1.165, 1.54) is 36.2 Å². The number of benzene rings is 2. The molecule has 2 nitrogen and oxygen atoms in total. The van der Waals surface area contributed by atoms with Crippen LogP contribution in [0.1, 0.15) is 32.3 Å². The monoisotopic (exact) mass is 337 g/mol. The van der Waals surface area contributed by atoms with Crippen LogP contribution in [0.25, 0.3) is 11.1 Å². The summed E-state index contributed by atoms with van der Waals surface area (Å²) in [6.45, 7) is 11.3. The maximum atomic E-state index is 5.93. The van der Waals surface area contributed by atoms with Gasteiger partial charge in [-0.05, 0) is 54.9 Å². The van der Waals surface area contributed by atoms with Crippen molar-refractivity contribution in [3.05, 3.63) is 54.1 Å². The molecule has 1 aliphatic rings. The molecule has 1 fully saturated rings. The lowest BCUT2D eigenvalue weighted by atomic mass is 9.92. The molecule has 0 aromatic heterocycles. The predicted molar refractivity (Wildman–Crippen MR) is 106 cm³/mol. The van der Waals surface area contributed by atoms with E-state index in [1.807, 2.05) is 0 Å². The van der Waals surface area contributed by atoms with Crippen molar-refractivity contribution in [1.29, 1.82) is 0 Å². The normalized spacial score (nSPS) is 21.2. The van der Waals surface area contributed by atoms with E-state index in [2.05, 4.69) is 74.2 Å². The summed E-state index contributed by atoms with van der Waals surface area (Å²) in [6.07, 6.45) is 2.47. The van der Waals surface area contributed by atoms with Crippen molar-refractivity contribution in [2.75, 3.05) is 26.2 Å². The van der Waals surface area contributed by atoms with Gasteiger partial charge in [0.2, 0.25) is 0 Å². The third kappa shape index (κ3) is 5.34. The Balaban J connectivity index is 1.43. The van der Waals surface area contributed by atoms with Crippen molar-refractivity contribution >= 4 is 0 Å². The van der Waals surface area contributed by atoms with Gasteiger partial charge in [-0.3, -0.25) is 0 Å². The molecule has 25 heavy (non-hydrogen) atoms. The van der Waals surface area contributed by atoms with Crippen LogP contribution in [-0.4, -0.2) is 31.1 Å². The molecule has 0 aliphatic carbocycles. The highest BCUT2D eigenvalue weighted by atomic mass is 16.5. The third-order valence-corrected chi connectivity index (χ3v) is 5.07. The number of ether oxygens (including phenoxy) is 1. The molecule has 0 bridgehead atoms. The number of nitrogens with zero attached hydrogens (tertiary/aromatic N) is 1. The van der Waals surface area contributed by atoms with Crippen LogP contribution in [-0.2, 0) is 0 Å². The molecule has 2 aromatic carbocycles. The second-order valence-electron chi connectivity index (χ2n) is 7.80. The highest BCUT2D eigenvalue weighted by Crippen LogP contribution is 2.23. The Morgan fingerprint density at radius 3 is 2.04 bits per heavy atom. The molecule has 1 saturated heterocycles. The Bertz CT molecular complexity index is 637. The minimum atomic E-state index is 0.795. The first-order valence-electron chi connectivity index (χ1n) is 9.62. The molecule has 0 spiro atoms. The van der Waals surface area contributed by atoms with Gasteiger partial charge in [0.15, 0.2) is 0 Å². The molecule has 1 heterocycles. The summed E-state index contributed by atoms with van der Waals surface area (Å²) >= 11 is 0. The van der Waals surface area contributed by atoms with E-state index < -0.39 is 0 Å². The summed E-state index contributed by atoms with van der Waals surface area (Å²) in [7, 11) is 0. The van der Waals surface area contributed by atoms with E-state index in [0.717, 1.165) is 37.2 Å². The fourth-order valence-electron chi connectivity index (χ4n) is 3.94. The van der Waals surface area contributed by atoms with Crippen LogP contribution in [0, 0.1) is 18.8 Å². The zero-order chi connectivity index (χ0) is 17.6. The van der Waals surface area contributed by atoms with Gasteiger partial charge in [0.05, 0.1) is 6.61 Å². The molecule has 1 unspecified atom stereocenters. The van der Waals surface area contributed by atoms with Crippen molar-refractivity contribution in [2.45, 2.75) is 33.6 Å². The van der Waals surface area contributed by atoms with Gasteiger partial charge in [0, 0.05) is 19.6 Å². The van der Waals surface area contributed by atoms with Crippen molar-refractivity contribution < 1.29 is 4.74 Å². The standard InChI is InChI=1S/C23H31NO/c1-18-5-7-21(8-6-18)22-9-11-23(12-10-22)25-14-4-13-24-16-19(2)15-20(3)17-24/h5-12,19-20H,4,13-17H2,1-3H3/t19-,20?/m0/s1. The molecule has 1 aliphatic heterocycles. The summed E-state index contributed by atoms with van der Waals surface area (Å²) in [6, 6.07) is 17.1. The Morgan fingerprint density at radius 1 is 0.880 bits per heavy atom. The van der Waals surface area contributed by atoms with Gasteiger partial charge in [0.25, 0.3) is 0 Å². The number of likely N-dealkylation sites (tertiary alicyclic amines) is 1. The summed E-state index contributed by atoms with van der Waals surface area (Å²) < 4.78 is 5.93. The van der Waals surface area contributed by atoms with Gasteiger partial charge in [0.1, 0.15) is 5.75 Å². The van der Waals surface area contributed by atoms with E-state index >= 15 is 0 Å². The number of rotatable bonds is 6. The van der Waals surface area contributed by atoms with E-state index in [-0.39, 0.29) is 0 Å². The van der Waals surface area contributed by atoms with Crippen molar-refractivity contribution in [3.63, 3.8) is 0 Å². The van der Waals surface area contributed by atoms with Crippen molar-refractivity contribution in [3.8, 4) is 16.9 Å². The first kappa shape index (κ1) is 18.0. The lowest BCUT2D eigenvalue weighted by molar-refractivity contribution is 0.132. The summed E-state index contributed by atoms with van der Waals surface area (Å²) in [4.78, 5) is 2.60. The Morgan fingerprint density at radius 2 is 1.44 bits per heavy atom. The minimum Gasteiger partial charge on any atom is -0.494 e. The quantitative estimate of drug-likeness (QED) is 0.654. The topological polar surface area (TPSA) is 12.5 Å². The fraction of sp³-hybridized carbons (Fsp3) is 0.478. The van der Waals surface area contributed by atoms with Crippen LogP contribution in [0.15, 0.2) is 48.5 Å². The first-order chi connectivity index (χ1) is 12.1. The zero-order valence-corrected chi connectivity index (χ0v) is 15.9. The Labute approximate surface area is 152 Å². The maximum absolute atomic E-state index is 5.93. The van der Waals surface area contributed by atoms with Crippen LogP contribution in [0.3, 0.4) is 0 Å². The highest BCUT2D eigenvalue weighted by molar-refractivity contribution is 5.64. The SMILES string of the molecule is Cc1ccc(-c2ccc(OCCCN3CC(C)C[C@H](C)C3)cc2)cc1. The molecule has 134 valence electrons. The first-order valence-corrected chi connectivity index (χ1v) is 9.62. The van der Waals surface area contributed by atoms with E-state index in [0.29, 0.717) is 0 Å². The molecule has 0 saturated carbocycles. The molecule has 3 rings (SSSR count). The molecule has 0 radical (unpaired) electrons. The largest absolute Gasteiger partial charge is 0.494 e. The van der Waals surface area contributed by atoms with Gasteiger partial charge in [-0.2, -0.15) is 0 Å². The van der Waals surface area contributed by atoms with Gasteiger partial charge in [-0.15, -0.1) is 0 Å². The highest BCUT2D eigenvalue weighted by Gasteiger charge is 2.20. The fourth-order valence-corrected chi connectivity index (χ4v) is 3.94. The van der Waals surface area contributed by atoms with Gasteiger partial charge >= 0.3 is 0 Å². The molecule has 2 aromatic rings. The molecule has 0 N–H and O–H groups in total. The van der Waals surface area contributed by atoms with E-state index in [1.54, 1.807) is 0 Å². The van der Waals surface area contributed by atoms with E-state index in [4.69, 9.17) is 4.74 Å². The molecule has 0 amide bonds. The molecule has 2 heteroatoms. The van der Waals surface area contributed by atoms with Gasteiger partial charge in [-0.1, -0.05) is 55.8 Å². The predicted octanol–water partition coefficient (Wildman–Crippen LogP) is 5.41. The second kappa shape index (κ2) is 8.53. The number of hydrogen-bond acceptors (Lipinski definition) is 2. The zero-order valence-electron chi connectivity index (χ0n) is 15.9. The lowest BCUT2D eigenvalue weighted by Gasteiger charge is -2.34. The Hall–Kier alpha value is -1.80. The van der Waals surface area contributed by atoms with Gasteiger partial charge in [-0.25, -0.2) is 0 Å². The van der Waals surface area contributed by atoms with Crippen LogP contribution < -0.4 is 4.74 Å². The molecule has 2 atom stereocenters. The van der Waals surface area contributed by atoms with Crippen molar-refractivity contribution in [1.82, 2.24) is 4.90 Å². The number of hydrogen-bond donors (Lipinski definition) is 0. The average molecular weight is 338 g/mol. The van der Waals surface area contributed by atoms with Crippen LogP contribution in [0.5, 0.6) is 5.75 Å². The van der Waals surface area contributed by atoms with Gasteiger partial charge < -0.3 is 9.64 Å². The average Bonchev–Trinajstić information content (AvgIpc) is 2.59. The maximum Gasteiger partial charge on any atom is 0.119 e.